The molecule has 0 bridgehead atoms. The molecule has 0 spiro atoms. The number of esters is 1. The third-order valence-electron chi connectivity index (χ3n) is 5.05. The average Bonchev–Trinajstić information content (AvgIpc) is 3.13. The molecular weight excluding hydrogens is 384 g/mol. The number of rotatable bonds is 8. The van der Waals surface area contributed by atoms with E-state index in [9.17, 15) is 14.4 Å². The van der Waals surface area contributed by atoms with Crippen LogP contribution in [-0.4, -0.2) is 34.5 Å². The summed E-state index contributed by atoms with van der Waals surface area (Å²) in [5, 5.41) is 0.260. The molecule has 2 heterocycles. The van der Waals surface area contributed by atoms with Crippen LogP contribution >= 0.6 is 0 Å². The number of carbonyl (C=O) groups excluding carboxylic acids is 2. The first kappa shape index (κ1) is 21.4. The Bertz CT molecular complexity index is 1140. The van der Waals surface area contributed by atoms with E-state index in [0.29, 0.717) is 17.5 Å². The lowest BCUT2D eigenvalue weighted by Crippen LogP contribution is -2.28. The molecule has 30 heavy (non-hydrogen) atoms. The SMILES string of the molecule is CCOC(=O)c1[nH]c2c(C)c(CC)n(CC(=O)c3ccccc3)c(=O)c2c1OCC. The van der Waals surface area contributed by atoms with Crippen LogP contribution in [-0.2, 0) is 17.7 Å². The number of H-pyrrole nitrogens is 1. The highest BCUT2D eigenvalue weighted by Gasteiger charge is 2.26. The molecule has 158 valence electrons. The molecule has 3 aromatic rings. The molecule has 3 rings (SSSR count). The topological polar surface area (TPSA) is 90.4 Å². The number of aromatic nitrogens is 2. The smallest absolute Gasteiger partial charge is 0.358 e. The Labute approximate surface area is 174 Å². The van der Waals surface area contributed by atoms with Gasteiger partial charge in [-0.2, -0.15) is 0 Å². The van der Waals surface area contributed by atoms with E-state index in [4.69, 9.17) is 9.47 Å². The van der Waals surface area contributed by atoms with Crippen LogP contribution in [0.1, 0.15) is 52.9 Å². The van der Waals surface area contributed by atoms with E-state index in [-0.39, 0.29) is 47.9 Å². The molecule has 0 amide bonds. The molecule has 7 nitrogen and oxygen atoms in total. The number of benzene rings is 1. The first-order valence-electron chi connectivity index (χ1n) is 10.1. The number of nitrogens with one attached hydrogen (secondary N) is 1. The van der Waals surface area contributed by atoms with Crippen molar-refractivity contribution in [3.63, 3.8) is 0 Å². The van der Waals surface area contributed by atoms with E-state index < -0.39 is 5.97 Å². The minimum absolute atomic E-state index is 0.0890. The maximum absolute atomic E-state index is 13.5. The van der Waals surface area contributed by atoms with Gasteiger partial charge in [0.25, 0.3) is 5.56 Å². The zero-order valence-electron chi connectivity index (χ0n) is 17.7. The van der Waals surface area contributed by atoms with Crippen molar-refractivity contribution >= 4 is 22.7 Å². The van der Waals surface area contributed by atoms with E-state index in [1.54, 1.807) is 38.1 Å². The second kappa shape index (κ2) is 8.98. The van der Waals surface area contributed by atoms with Crippen molar-refractivity contribution in [3.8, 4) is 5.75 Å². The number of aryl methyl sites for hydroxylation is 1. The van der Waals surface area contributed by atoms with Crippen LogP contribution in [0.2, 0.25) is 0 Å². The molecule has 0 radical (unpaired) electrons. The van der Waals surface area contributed by atoms with Crippen LogP contribution in [0.4, 0.5) is 0 Å². The van der Waals surface area contributed by atoms with Crippen LogP contribution in [0.15, 0.2) is 35.1 Å². The highest BCUT2D eigenvalue weighted by atomic mass is 16.5. The molecule has 1 aromatic carbocycles. The average molecular weight is 410 g/mol. The van der Waals surface area contributed by atoms with Gasteiger partial charge >= 0.3 is 5.97 Å². The van der Waals surface area contributed by atoms with E-state index in [1.165, 1.54) is 4.57 Å². The molecule has 1 N–H and O–H groups in total. The van der Waals surface area contributed by atoms with Crippen molar-refractivity contribution in [3.05, 3.63) is 63.2 Å². The van der Waals surface area contributed by atoms with Gasteiger partial charge in [0, 0.05) is 11.3 Å². The van der Waals surface area contributed by atoms with Crippen LogP contribution in [0.3, 0.4) is 0 Å². The van der Waals surface area contributed by atoms with E-state index >= 15 is 0 Å². The Balaban J connectivity index is 2.24. The van der Waals surface area contributed by atoms with Crippen molar-refractivity contribution in [1.82, 2.24) is 9.55 Å². The third-order valence-corrected chi connectivity index (χ3v) is 5.05. The largest absolute Gasteiger partial charge is 0.490 e. The number of carbonyl (C=O) groups is 2. The van der Waals surface area contributed by atoms with Gasteiger partial charge in [-0.25, -0.2) is 4.79 Å². The van der Waals surface area contributed by atoms with Gasteiger partial charge in [0.15, 0.2) is 17.2 Å². The summed E-state index contributed by atoms with van der Waals surface area (Å²) in [6.07, 6.45) is 0.552. The van der Waals surface area contributed by atoms with Crippen molar-refractivity contribution in [2.75, 3.05) is 13.2 Å². The summed E-state index contributed by atoms with van der Waals surface area (Å²) in [7, 11) is 0. The zero-order valence-corrected chi connectivity index (χ0v) is 17.7. The minimum atomic E-state index is -0.582. The Morgan fingerprint density at radius 2 is 1.77 bits per heavy atom. The predicted octanol–water partition coefficient (Wildman–Crippen LogP) is 3.66. The molecule has 0 saturated heterocycles. The molecule has 2 aromatic heterocycles. The fourth-order valence-electron chi connectivity index (χ4n) is 3.69. The predicted molar refractivity (Wildman–Crippen MR) is 115 cm³/mol. The fraction of sp³-hybridized carbons (Fsp3) is 0.348. The molecule has 0 aliphatic carbocycles. The van der Waals surface area contributed by atoms with Crippen molar-refractivity contribution < 1.29 is 19.1 Å². The second-order valence-corrected chi connectivity index (χ2v) is 6.84. The lowest BCUT2D eigenvalue weighted by Gasteiger charge is -2.15. The summed E-state index contributed by atoms with van der Waals surface area (Å²) < 4.78 is 12.3. The molecule has 0 fully saturated rings. The summed E-state index contributed by atoms with van der Waals surface area (Å²) in [4.78, 5) is 41.8. The van der Waals surface area contributed by atoms with Gasteiger partial charge in [0.2, 0.25) is 0 Å². The van der Waals surface area contributed by atoms with Crippen molar-refractivity contribution in [1.29, 1.82) is 0 Å². The second-order valence-electron chi connectivity index (χ2n) is 6.84. The van der Waals surface area contributed by atoms with Crippen LogP contribution < -0.4 is 10.3 Å². The third kappa shape index (κ3) is 3.75. The Hall–Kier alpha value is -3.35. The number of fused-ring (bicyclic) bond motifs is 1. The van der Waals surface area contributed by atoms with Crippen LogP contribution in [0.25, 0.3) is 10.9 Å². The molecule has 0 aliphatic rings. The number of hydrogen-bond acceptors (Lipinski definition) is 5. The number of aromatic amines is 1. The Morgan fingerprint density at radius 3 is 2.37 bits per heavy atom. The summed E-state index contributed by atoms with van der Waals surface area (Å²) in [5.41, 5.74) is 2.35. The highest BCUT2D eigenvalue weighted by molar-refractivity contribution is 6.02. The molecule has 0 aliphatic heterocycles. The summed E-state index contributed by atoms with van der Waals surface area (Å²) >= 11 is 0. The molecule has 7 heteroatoms. The summed E-state index contributed by atoms with van der Waals surface area (Å²) in [6, 6.07) is 8.87. The summed E-state index contributed by atoms with van der Waals surface area (Å²) in [5.74, 6) is -0.575. The van der Waals surface area contributed by atoms with Gasteiger partial charge in [-0.05, 0) is 32.8 Å². The maximum atomic E-state index is 13.5. The van der Waals surface area contributed by atoms with E-state index in [0.717, 1.165) is 11.3 Å². The van der Waals surface area contributed by atoms with Gasteiger partial charge in [-0.3, -0.25) is 9.59 Å². The lowest BCUT2D eigenvalue weighted by molar-refractivity contribution is 0.0516. The first-order valence-corrected chi connectivity index (χ1v) is 10.1. The highest BCUT2D eigenvalue weighted by Crippen LogP contribution is 2.31. The number of ether oxygens (including phenoxy) is 2. The summed E-state index contributed by atoms with van der Waals surface area (Å²) in [6.45, 7) is 7.67. The van der Waals surface area contributed by atoms with Crippen LogP contribution in [0.5, 0.6) is 5.75 Å². The minimum Gasteiger partial charge on any atom is -0.490 e. The molecule has 0 atom stereocenters. The van der Waals surface area contributed by atoms with Crippen molar-refractivity contribution in [2.45, 2.75) is 40.7 Å². The number of Topliss-reactive ketones (excluding diaryl/α,β-unsaturated/α-hetero) is 1. The Morgan fingerprint density at radius 1 is 1.07 bits per heavy atom. The number of hydrogen-bond donors (Lipinski definition) is 1. The van der Waals surface area contributed by atoms with E-state index in [1.807, 2.05) is 19.9 Å². The van der Waals surface area contributed by atoms with Gasteiger partial charge in [0.05, 0.1) is 25.3 Å². The number of ketones is 1. The van der Waals surface area contributed by atoms with Gasteiger partial charge in [-0.1, -0.05) is 37.3 Å². The van der Waals surface area contributed by atoms with Gasteiger partial charge in [0.1, 0.15) is 5.39 Å². The van der Waals surface area contributed by atoms with Crippen LogP contribution in [0, 0.1) is 6.92 Å². The van der Waals surface area contributed by atoms with Gasteiger partial charge in [-0.15, -0.1) is 0 Å². The lowest BCUT2D eigenvalue weighted by atomic mass is 10.1. The molecule has 0 saturated carbocycles. The molecule has 0 unspecified atom stereocenters. The van der Waals surface area contributed by atoms with E-state index in [2.05, 4.69) is 4.98 Å². The fourth-order valence-corrected chi connectivity index (χ4v) is 3.69. The number of nitrogens with zero attached hydrogens (tertiary/aromatic N) is 1. The van der Waals surface area contributed by atoms with Crippen molar-refractivity contribution in [2.24, 2.45) is 0 Å². The quantitative estimate of drug-likeness (QED) is 0.452. The Kier molecular flexibility index (Phi) is 6.40. The standard InChI is InChI=1S/C23H26N2O5/c1-5-16-14(4)19-18(21(29-6-2)20(24-19)23(28)30-7-3)22(27)25(16)13-17(26)15-11-9-8-10-12-15/h8-12,24H,5-7,13H2,1-4H3. The normalized spacial score (nSPS) is 10.9. The monoisotopic (exact) mass is 410 g/mol. The molecular formula is C23H26N2O5. The number of pyridine rings is 1. The maximum Gasteiger partial charge on any atom is 0.358 e. The van der Waals surface area contributed by atoms with Gasteiger partial charge < -0.3 is 19.0 Å². The zero-order chi connectivity index (χ0) is 21.8. The first-order chi connectivity index (χ1) is 14.4.